The predicted octanol–water partition coefficient (Wildman–Crippen LogP) is 6.35. The molecule has 43 heavy (non-hydrogen) atoms. The van der Waals surface area contributed by atoms with E-state index in [0.717, 1.165) is 48.6 Å². The van der Waals surface area contributed by atoms with Crippen molar-refractivity contribution in [2.24, 2.45) is 11.1 Å². The van der Waals surface area contributed by atoms with Crippen LogP contribution in [0.15, 0.2) is 66.9 Å². The maximum atomic E-state index is 15.2. The van der Waals surface area contributed by atoms with Crippen molar-refractivity contribution in [1.29, 1.82) is 0 Å². The monoisotopic (exact) mass is 588 g/mol. The van der Waals surface area contributed by atoms with E-state index in [4.69, 9.17) is 10.7 Å². The summed E-state index contributed by atoms with van der Waals surface area (Å²) in [7, 11) is 0. The van der Waals surface area contributed by atoms with E-state index < -0.39 is 17.6 Å². The Kier molecular flexibility index (Phi) is 10.2. The second-order valence-electron chi connectivity index (χ2n) is 13.3. The van der Waals surface area contributed by atoms with Gasteiger partial charge in [-0.15, -0.1) is 0 Å². The SMILES string of the molecule is CC(C)(C)[C@H](c1nc(-c2ccccc2)cn1Cc1ccccc1)N(C[C@H](F)CN)C(=O)N1CCC(N2CCCCC2)CC1. The molecule has 2 fully saturated rings. The lowest BCUT2D eigenvalue weighted by atomic mass is 9.84. The van der Waals surface area contributed by atoms with Gasteiger partial charge in [0.15, 0.2) is 0 Å². The molecule has 2 atom stereocenters. The van der Waals surface area contributed by atoms with Gasteiger partial charge in [-0.05, 0) is 49.8 Å². The summed E-state index contributed by atoms with van der Waals surface area (Å²) < 4.78 is 17.4. The van der Waals surface area contributed by atoms with Gasteiger partial charge in [0.1, 0.15) is 12.0 Å². The van der Waals surface area contributed by atoms with Crippen LogP contribution in [0.3, 0.4) is 0 Å². The number of imidazole rings is 1. The molecule has 5 rings (SSSR count). The number of amides is 2. The zero-order valence-electron chi connectivity index (χ0n) is 26.2. The third-order valence-electron chi connectivity index (χ3n) is 8.99. The van der Waals surface area contributed by atoms with Crippen molar-refractivity contribution in [2.75, 3.05) is 39.3 Å². The van der Waals surface area contributed by atoms with Crippen LogP contribution in [0.2, 0.25) is 0 Å². The third kappa shape index (κ3) is 7.65. The molecule has 8 heteroatoms. The van der Waals surface area contributed by atoms with Gasteiger partial charge >= 0.3 is 6.03 Å². The number of hydrogen-bond donors (Lipinski definition) is 1. The second kappa shape index (κ2) is 14.0. The quantitative estimate of drug-likeness (QED) is 0.316. The Morgan fingerprint density at radius 3 is 2.21 bits per heavy atom. The van der Waals surface area contributed by atoms with E-state index in [-0.39, 0.29) is 19.1 Å². The van der Waals surface area contributed by atoms with Crippen LogP contribution >= 0.6 is 0 Å². The first-order chi connectivity index (χ1) is 20.7. The Bertz CT molecular complexity index is 1290. The first-order valence-electron chi connectivity index (χ1n) is 16.0. The third-order valence-corrected chi connectivity index (χ3v) is 8.99. The van der Waals surface area contributed by atoms with Crippen molar-refractivity contribution in [2.45, 2.75) is 77.7 Å². The van der Waals surface area contributed by atoms with Crippen molar-refractivity contribution in [3.63, 3.8) is 0 Å². The molecule has 0 bridgehead atoms. The van der Waals surface area contributed by atoms with Crippen molar-refractivity contribution < 1.29 is 9.18 Å². The van der Waals surface area contributed by atoms with Crippen LogP contribution in [0.1, 0.15) is 70.3 Å². The molecule has 3 aromatic rings. The number of carbonyl (C=O) groups excluding carboxylic acids is 1. The highest BCUT2D eigenvalue weighted by atomic mass is 19.1. The molecule has 2 N–H and O–H groups in total. The minimum Gasteiger partial charge on any atom is -0.328 e. The lowest BCUT2D eigenvalue weighted by molar-refractivity contribution is 0.0511. The van der Waals surface area contributed by atoms with Gasteiger partial charge in [-0.1, -0.05) is 87.9 Å². The van der Waals surface area contributed by atoms with Gasteiger partial charge in [0.25, 0.3) is 0 Å². The van der Waals surface area contributed by atoms with E-state index in [2.05, 4.69) is 48.6 Å². The molecule has 0 radical (unpaired) electrons. The Labute approximate surface area is 256 Å². The molecule has 0 spiro atoms. The predicted molar refractivity (Wildman–Crippen MR) is 171 cm³/mol. The molecule has 0 aliphatic carbocycles. The Hall–Kier alpha value is -3.23. The van der Waals surface area contributed by atoms with Crippen LogP contribution in [0.5, 0.6) is 0 Å². The van der Waals surface area contributed by atoms with Crippen LogP contribution < -0.4 is 5.73 Å². The average Bonchev–Trinajstić information content (AvgIpc) is 3.43. The lowest BCUT2D eigenvalue weighted by Crippen LogP contribution is -2.55. The number of nitrogens with two attached hydrogens (primary N) is 1. The minimum absolute atomic E-state index is 0.0673. The highest BCUT2D eigenvalue weighted by Gasteiger charge is 2.41. The second-order valence-corrected chi connectivity index (χ2v) is 13.3. The number of benzene rings is 2. The number of urea groups is 1. The van der Waals surface area contributed by atoms with E-state index in [1.165, 1.54) is 19.3 Å². The number of likely N-dealkylation sites (tertiary alicyclic amines) is 2. The summed E-state index contributed by atoms with van der Waals surface area (Å²) in [4.78, 5) is 25.9. The number of aromatic nitrogens is 2. The van der Waals surface area contributed by atoms with Gasteiger partial charge in [-0.25, -0.2) is 14.2 Å². The maximum Gasteiger partial charge on any atom is 0.320 e. The Morgan fingerprint density at radius 1 is 0.977 bits per heavy atom. The van der Waals surface area contributed by atoms with Gasteiger partial charge in [-0.2, -0.15) is 0 Å². The van der Waals surface area contributed by atoms with E-state index in [0.29, 0.717) is 25.7 Å². The fourth-order valence-corrected chi connectivity index (χ4v) is 6.77. The highest BCUT2D eigenvalue weighted by Crippen LogP contribution is 2.40. The van der Waals surface area contributed by atoms with Crippen LogP contribution in [-0.2, 0) is 6.54 Å². The topological polar surface area (TPSA) is 70.6 Å². The molecule has 3 heterocycles. The van der Waals surface area contributed by atoms with Gasteiger partial charge < -0.3 is 25.0 Å². The first kappa shape index (κ1) is 31.2. The molecule has 0 unspecified atom stereocenters. The number of nitrogens with zero attached hydrogens (tertiary/aromatic N) is 5. The molecular formula is C35H49FN6O. The van der Waals surface area contributed by atoms with E-state index >= 15 is 4.39 Å². The first-order valence-corrected chi connectivity index (χ1v) is 16.0. The van der Waals surface area contributed by atoms with Crippen LogP contribution in [0.25, 0.3) is 11.3 Å². The van der Waals surface area contributed by atoms with Crippen molar-refractivity contribution in [3.8, 4) is 11.3 Å². The standard InChI is InChI=1S/C35H49FN6O/c1-35(2,3)32(33-38-31(28-15-9-5-10-16-28)26-41(33)24-27-13-7-4-8-14-27)42(25-29(36)23-37)34(43)40-21-17-30(18-22-40)39-19-11-6-12-20-39/h4-5,7-10,13-16,26,29-30,32H,6,11-12,17-25,37H2,1-3H3/t29-,32+/m1/s1. The smallest absolute Gasteiger partial charge is 0.320 e. The summed E-state index contributed by atoms with van der Waals surface area (Å²) in [6.07, 6.45) is 6.49. The normalized spacial score (nSPS) is 18.4. The fourth-order valence-electron chi connectivity index (χ4n) is 6.77. The summed E-state index contributed by atoms with van der Waals surface area (Å²) in [5, 5.41) is 0. The number of halogens is 1. The van der Waals surface area contributed by atoms with Crippen LogP contribution in [0, 0.1) is 5.41 Å². The number of hydrogen-bond acceptors (Lipinski definition) is 4. The number of alkyl halides is 1. The molecule has 2 amide bonds. The molecule has 2 aliphatic rings. The molecule has 2 saturated heterocycles. The van der Waals surface area contributed by atoms with Gasteiger partial charge in [-0.3, -0.25) is 0 Å². The fraction of sp³-hybridized carbons (Fsp3) is 0.543. The van der Waals surface area contributed by atoms with E-state index in [1.54, 1.807) is 4.90 Å². The van der Waals surface area contributed by atoms with E-state index in [1.807, 2.05) is 53.4 Å². The highest BCUT2D eigenvalue weighted by molar-refractivity contribution is 5.75. The van der Waals surface area contributed by atoms with Gasteiger partial charge in [0.05, 0.1) is 18.3 Å². The number of rotatable bonds is 9. The molecule has 1 aromatic heterocycles. The molecule has 2 aromatic carbocycles. The zero-order chi connectivity index (χ0) is 30.4. The Morgan fingerprint density at radius 2 is 1.60 bits per heavy atom. The molecule has 7 nitrogen and oxygen atoms in total. The number of piperidine rings is 2. The number of carbonyl (C=O) groups is 1. The maximum absolute atomic E-state index is 15.2. The minimum atomic E-state index is -1.33. The van der Waals surface area contributed by atoms with Gasteiger partial charge in [0.2, 0.25) is 0 Å². The van der Waals surface area contributed by atoms with Crippen molar-refractivity contribution in [1.82, 2.24) is 24.3 Å². The summed E-state index contributed by atoms with van der Waals surface area (Å²) in [6.45, 7) is 10.4. The Balaban J connectivity index is 1.49. The van der Waals surface area contributed by atoms with Gasteiger partial charge in [0, 0.05) is 44.0 Å². The molecule has 2 aliphatic heterocycles. The van der Waals surface area contributed by atoms with Crippen LogP contribution in [-0.4, -0.2) is 81.8 Å². The summed E-state index contributed by atoms with van der Waals surface area (Å²) >= 11 is 0. The molecular weight excluding hydrogens is 539 g/mol. The average molecular weight is 589 g/mol. The van der Waals surface area contributed by atoms with Crippen LogP contribution in [0.4, 0.5) is 9.18 Å². The summed E-state index contributed by atoms with van der Waals surface area (Å²) in [5.41, 5.74) is 8.36. The molecule has 0 saturated carbocycles. The summed E-state index contributed by atoms with van der Waals surface area (Å²) in [5.74, 6) is 0.760. The zero-order valence-corrected chi connectivity index (χ0v) is 26.2. The summed E-state index contributed by atoms with van der Waals surface area (Å²) in [6, 6.07) is 20.3. The van der Waals surface area contributed by atoms with Crippen molar-refractivity contribution in [3.05, 3.63) is 78.2 Å². The molecule has 232 valence electrons. The lowest BCUT2D eigenvalue weighted by Gasteiger charge is -2.45. The van der Waals surface area contributed by atoms with Crippen molar-refractivity contribution >= 4 is 6.03 Å². The largest absolute Gasteiger partial charge is 0.328 e. The van der Waals surface area contributed by atoms with E-state index in [9.17, 15) is 4.79 Å².